The van der Waals surface area contributed by atoms with Crippen LogP contribution in [0.2, 0.25) is 5.15 Å². The van der Waals surface area contributed by atoms with Crippen LogP contribution in [-0.2, 0) is 0 Å². The Morgan fingerprint density at radius 2 is 1.86 bits per heavy atom. The smallest absolute Gasteiger partial charge is 0.194 e. The van der Waals surface area contributed by atoms with E-state index < -0.39 is 0 Å². The van der Waals surface area contributed by atoms with Crippen LogP contribution in [0, 0.1) is 12.7 Å². The first-order chi connectivity index (χ1) is 13.9. The second-order valence-electron chi connectivity index (χ2n) is 6.60. The molecule has 0 radical (unpaired) electrons. The molecule has 7 heteroatoms. The number of nitrogens with one attached hydrogen (secondary N) is 1. The summed E-state index contributed by atoms with van der Waals surface area (Å²) in [4.78, 5) is 17.0. The summed E-state index contributed by atoms with van der Waals surface area (Å²) in [6.45, 7) is 1.77. The molecule has 1 aromatic carbocycles. The molecule has 3 aromatic rings. The summed E-state index contributed by atoms with van der Waals surface area (Å²) < 4.78 is 28.8. The van der Waals surface area contributed by atoms with Gasteiger partial charge >= 0.3 is 0 Å². The molecule has 2 aromatic heterocycles. The largest absolute Gasteiger partial charge is 0.341 e. The van der Waals surface area contributed by atoms with Gasteiger partial charge in [0.05, 0.1) is 10.9 Å². The van der Waals surface area contributed by atoms with E-state index in [1.54, 1.807) is 41.8 Å². The van der Waals surface area contributed by atoms with Crippen LogP contribution in [-0.4, -0.2) is 9.55 Å². The lowest BCUT2D eigenvalue weighted by atomic mass is 10.2. The lowest BCUT2D eigenvalue weighted by Gasteiger charge is -2.19. The van der Waals surface area contributed by atoms with Gasteiger partial charge in [0.15, 0.2) is 5.43 Å². The van der Waals surface area contributed by atoms with Crippen molar-refractivity contribution in [2.45, 2.75) is 13.3 Å². The Bertz CT molecular complexity index is 1260. The quantitative estimate of drug-likeness (QED) is 0.571. The number of anilines is 1. The van der Waals surface area contributed by atoms with Gasteiger partial charge in [0.1, 0.15) is 22.6 Å². The molecule has 146 valence electrons. The number of hydrogen-bond acceptors (Lipinski definition) is 3. The van der Waals surface area contributed by atoms with Crippen molar-refractivity contribution in [2.24, 2.45) is 0 Å². The van der Waals surface area contributed by atoms with Crippen LogP contribution < -0.4 is 10.7 Å². The van der Waals surface area contributed by atoms with Crippen molar-refractivity contribution in [1.29, 1.82) is 0 Å². The molecule has 29 heavy (non-hydrogen) atoms. The van der Waals surface area contributed by atoms with Gasteiger partial charge in [0.2, 0.25) is 0 Å². The van der Waals surface area contributed by atoms with Crippen molar-refractivity contribution in [3.8, 4) is 5.69 Å². The predicted octanol–water partition coefficient (Wildman–Crippen LogP) is 5.60. The summed E-state index contributed by atoms with van der Waals surface area (Å²) >= 11 is 6.26. The number of fused-ring (bicyclic) bond motifs is 1. The van der Waals surface area contributed by atoms with Gasteiger partial charge in [0, 0.05) is 23.1 Å². The van der Waals surface area contributed by atoms with Crippen LogP contribution in [0.4, 0.5) is 14.6 Å². The van der Waals surface area contributed by atoms with Gasteiger partial charge in [-0.1, -0.05) is 17.7 Å². The minimum Gasteiger partial charge on any atom is -0.341 e. The number of nitrogens with zero attached hydrogens (tertiary/aromatic N) is 2. The second kappa shape index (κ2) is 7.64. The molecule has 2 heterocycles. The highest BCUT2D eigenvalue weighted by atomic mass is 35.5. The Kier molecular flexibility index (Phi) is 5.03. The van der Waals surface area contributed by atoms with Crippen LogP contribution in [0.25, 0.3) is 16.6 Å². The zero-order chi connectivity index (χ0) is 20.5. The zero-order valence-electron chi connectivity index (χ0n) is 15.4. The summed E-state index contributed by atoms with van der Waals surface area (Å²) in [5.74, 6) is -0.268. The second-order valence-corrected chi connectivity index (χ2v) is 6.95. The molecule has 4 nitrogen and oxygen atoms in total. The fourth-order valence-electron chi connectivity index (χ4n) is 3.22. The lowest BCUT2D eigenvalue weighted by molar-refractivity contribution is 0.627. The number of allylic oxidation sites excluding steroid dienone is 5. The maximum Gasteiger partial charge on any atom is 0.194 e. The minimum atomic E-state index is -0.375. The molecule has 1 N–H and O–H groups in total. The number of rotatable bonds is 3. The third-order valence-corrected chi connectivity index (χ3v) is 4.78. The van der Waals surface area contributed by atoms with Crippen LogP contribution in [0.5, 0.6) is 0 Å². The van der Waals surface area contributed by atoms with Crippen molar-refractivity contribution in [3.05, 3.63) is 99.1 Å². The molecule has 0 aliphatic heterocycles. The fraction of sp³-hybridized carbons (Fsp3) is 0.0909. The molecule has 0 bridgehead atoms. The topological polar surface area (TPSA) is 46.9 Å². The predicted molar refractivity (Wildman–Crippen MR) is 112 cm³/mol. The summed E-state index contributed by atoms with van der Waals surface area (Å²) in [7, 11) is 0. The number of benzene rings is 1. The van der Waals surface area contributed by atoms with E-state index in [0.717, 1.165) is 0 Å². The van der Waals surface area contributed by atoms with Crippen molar-refractivity contribution >= 4 is 28.3 Å². The maximum absolute atomic E-state index is 13.5. The summed E-state index contributed by atoms with van der Waals surface area (Å²) in [6, 6.07) is 9.03. The first-order valence-electron chi connectivity index (χ1n) is 8.92. The highest BCUT2D eigenvalue weighted by molar-refractivity contribution is 6.34. The molecule has 0 amide bonds. The first-order valence-corrected chi connectivity index (χ1v) is 9.30. The fourth-order valence-corrected chi connectivity index (χ4v) is 3.54. The summed E-state index contributed by atoms with van der Waals surface area (Å²) in [5, 5.41) is 3.55. The SMILES string of the molecule is Cc1cc2c(c(Cl)n1)c(=O)cc(NC1=CCC=C(F)C=C1)n2-c1ccc(F)cc1. The highest BCUT2D eigenvalue weighted by Crippen LogP contribution is 2.28. The van der Waals surface area contributed by atoms with E-state index in [2.05, 4.69) is 10.3 Å². The average Bonchev–Trinajstić information content (AvgIpc) is 2.86. The van der Waals surface area contributed by atoms with Gasteiger partial charge in [-0.25, -0.2) is 13.8 Å². The summed E-state index contributed by atoms with van der Waals surface area (Å²) in [6.07, 6.45) is 6.60. The van der Waals surface area contributed by atoms with E-state index in [1.165, 1.54) is 30.4 Å². The Balaban J connectivity index is 1.97. The molecule has 0 spiro atoms. The van der Waals surface area contributed by atoms with Gasteiger partial charge in [-0.2, -0.15) is 0 Å². The molecule has 0 atom stereocenters. The van der Waals surface area contributed by atoms with Crippen LogP contribution >= 0.6 is 11.6 Å². The molecule has 0 unspecified atom stereocenters. The number of aryl methyl sites for hydroxylation is 1. The first kappa shape index (κ1) is 19.1. The Morgan fingerprint density at radius 1 is 1.10 bits per heavy atom. The van der Waals surface area contributed by atoms with Crippen LogP contribution in [0.15, 0.2) is 77.0 Å². The van der Waals surface area contributed by atoms with Crippen LogP contribution in [0.3, 0.4) is 0 Å². The molecule has 0 saturated carbocycles. The normalized spacial score (nSPS) is 13.8. The third kappa shape index (κ3) is 3.84. The van der Waals surface area contributed by atoms with E-state index in [4.69, 9.17) is 11.6 Å². The van der Waals surface area contributed by atoms with Crippen molar-refractivity contribution in [3.63, 3.8) is 0 Å². The summed E-state index contributed by atoms with van der Waals surface area (Å²) in [5.41, 5.74) is 2.12. The van der Waals surface area contributed by atoms with Gasteiger partial charge in [-0.15, -0.1) is 0 Å². The van der Waals surface area contributed by atoms with Crippen LogP contribution in [0.1, 0.15) is 12.1 Å². The minimum absolute atomic E-state index is 0.104. The Labute approximate surface area is 170 Å². The monoisotopic (exact) mass is 411 g/mol. The van der Waals surface area contributed by atoms with Gasteiger partial charge < -0.3 is 5.32 Å². The third-order valence-electron chi connectivity index (χ3n) is 4.51. The number of halogens is 3. The molecular formula is C22H16ClF2N3O. The van der Waals surface area contributed by atoms with E-state index in [1.807, 2.05) is 0 Å². The maximum atomic E-state index is 13.5. The number of hydrogen-bond donors (Lipinski definition) is 1. The van der Waals surface area contributed by atoms with E-state index in [0.29, 0.717) is 34.8 Å². The molecule has 0 saturated heterocycles. The van der Waals surface area contributed by atoms with E-state index in [-0.39, 0.29) is 27.6 Å². The van der Waals surface area contributed by atoms with Crippen molar-refractivity contribution in [1.82, 2.24) is 9.55 Å². The average molecular weight is 412 g/mol. The van der Waals surface area contributed by atoms with Gasteiger partial charge in [-0.05, 0) is 61.9 Å². The molecule has 1 aliphatic carbocycles. The number of pyridine rings is 2. The molecular weight excluding hydrogens is 396 g/mol. The lowest BCUT2D eigenvalue weighted by Crippen LogP contribution is -2.15. The molecule has 4 rings (SSSR count). The van der Waals surface area contributed by atoms with Crippen molar-refractivity contribution < 1.29 is 8.78 Å². The number of aromatic nitrogens is 2. The molecule has 1 aliphatic rings. The molecule has 0 fully saturated rings. The standard InChI is InChI=1S/C22H16ClF2N3O/c1-13-11-18-21(22(23)26-13)19(29)12-20(27-16-4-2-3-14(24)5-8-16)28(18)17-9-6-15(25)7-10-17/h3-12,27H,2H2,1H3. The Hall–Kier alpha value is -3.25. The highest BCUT2D eigenvalue weighted by Gasteiger charge is 2.16. The Morgan fingerprint density at radius 3 is 2.62 bits per heavy atom. The van der Waals surface area contributed by atoms with E-state index >= 15 is 0 Å². The van der Waals surface area contributed by atoms with Gasteiger partial charge in [-0.3, -0.25) is 9.36 Å². The van der Waals surface area contributed by atoms with E-state index in [9.17, 15) is 13.6 Å². The van der Waals surface area contributed by atoms with Crippen molar-refractivity contribution in [2.75, 3.05) is 5.32 Å². The zero-order valence-corrected chi connectivity index (χ0v) is 16.2. The van der Waals surface area contributed by atoms with Gasteiger partial charge in [0.25, 0.3) is 0 Å².